The van der Waals surface area contributed by atoms with Gasteiger partial charge in [-0.05, 0) is 42.5 Å². The van der Waals surface area contributed by atoms with E-state index in [0.29, 0.717) is 21.4 Å². The highest BCUT2D eigenvalue weighted by Crippen LogP contribution is 2.28. The Bertz CT molecular complexity index is 924. The molecule has 0 fully saturated rings. The molecule has 5 nitrogen and oxygen atoms in total. The van der Waals surface area contributed by atoms with Crippen molar-refractivity contribution in [2.45, 2.75) is 13.2 Å². The normalized spacial score (nSPS) is 10.7. The number of ether oxygens (including phenoxy) is 1. The number of hydrogen-bond acceptors (Lipinski definition) is 4. The Morgan fingerprint density at radius 2 is 2.00 bits per heavy atom. The van der Waals surface area contributed by atoms with Gasteiger partial charge in [-0.15, -0.1) is 0 Å². The standard InChI is InChI=1S/C16H13BrCl2N4OS/c17-11-4-5-15(24-8-12-13(18)2-1-3-14(12)19)10(6-11)7-21-23-9-20-22-16(23)25/h1-6,9,21H,7-8H2,(H,22,25). The van der Waals surface area contributed by atoms with Crippen molar-refractivity contribution in [3.8, 4) is 5.75 Å². The van der Waals surface area contributed by atoms with Crippen molar-refractivity contribution in [3.05, 3.63) is 73.1 Å². The molecule has 25 heavy (non-hydrogen) atoms. The molecule has 0 spiro atoms. The molecule has 0 aliphatic rings. The highest BCUT2D eigenvalue weighted by atomic mass is 79.9. The van der Waals surface area contributed by atoms with Crippen LogP contribution in [0, 0.1) is 4.77 Å². The zero-order valence-corrected chi connectivity index (χ0v) is 16.7. The lowest BCUT2D eigenvalue weighted by Crippen LogP contribution is -2.14. The fraction of sp³-hybridized carbons (Fsp3) is 0.125. The van der Waals surface area contributed by atoms with Crippen molar-refractivity contribution in [1.29, 1.82) is 0 Å². The summed E-state index contributed by atoms with van der Waals surface area (Å²) in [5.41, 5.74) is 4.86. The van der Waals surface area contributed by atoms with Gasteiger partial charge in [-0.1, -0.05) is 45.2 Å². The number of nitrogens with one attached hydrogen (secondary N) is 2. The number of hydrogen-bond donors (Lipinski definition) is 2. The van der Waals surface area contributed by atoms with E-state index in [4.69, 9.17) is 40.2 Å². The second-order valence-corrected chi connectivity index (χ2v) is 7.22. The molecular formula is C16H13BrCl2N4OS. The van der Waals surface area contributed by atoms with Crippen LogP contribution in [0.1, 0.15) is 11.1 Å². The molecule has 1 heterocycles. The van der Waals surface area contributed by atoms with Crippen LogP contribution < -0.4 is 10.2 Å². The molecule has 0 amide bonds. The summed E-state index contributed by atoms with van der Waals surface area (Å²) in [6.07, 6.45) is 1.57. The minimum Gasteiger partial charge on any atom is -0.488 e. The molecule has 3 aromatic rings. The van der Waals surface area contributed by atoms with Gasteiger partial charge in [0.15, 0.2) is 0 Å². The van der Waals surface area contributed by atoms with Gasteiger partial charge in [0.05, 0.1) is 6.54 Å². The lowest BCUT2D eigenvalue weighted by atomic mass is 10.2. The highest BCUT2D eigenvalue weighted by Gasteiger charge is 2.10. The number of halogens is 3. The first kappa shape index (κ1) is 18.3. The predicted octanol–water partition coefficient (Wildman–Crippen LogP) is 5.33. The summed E-state index contributed by atoms with van der Waals surface area (Å²) in [5, 5.41) is 7.71. The van der Waals surface area contributed by atoms with Gasteiger partial charge in [-0.2, -0.15) is 5.10 Å². The average molecular weight is 460 g/mol. The first-order chi connectivity index (χ1) is 12.0. The second-order valence-electron chi connectivity index (χ2n) is 5.11. The fourth-order valence-corrected chi connectivity index (χ4v) is 3.26. The van der Waals surface area contributed by atoms with Gasteiger partial charge in [-0.25, -0.2) is 4.68 Å². The number of nitrogens with zero attached hydrogens (tertiary/aromatic N) is 2. The Kier molecular flexibility index (Phi) is 6.01. The molecule has 0 atom stereocenters. The molecule has 0 aliphatic carbocycles. The number of aromatic nitrogens is 3. The second kappa shape index (κ2) is 8.23. The van der Waals surface area contributed by atoms with Crippen molar-refractivity contribution >= 4 is 51.3 Å². The summed E-state index contributed by atoms with van der Waals surface area (Å²) in [6.45, 7) is 0.775. The summed E-state index contributed by atoms with van der Waals surface area (Å²) in [6, 6.07) is 11.2. The molecule has 130 valence electrons. The van der Waals surface area contributed by atoms with E-state index in [1.807, 2.05) is 18.2 Å². The number of H-pyrrole nitrogens is 1. The molecule has 3 rings (SSSR count). The van der Waals surface area contributed by atoms with E-state index >= 15 is 0 Å². The summed E-state index contributed by atoms with van der Waals surface area (Å²) in [4.78, 5) is 0. The van der Waals surface area contributed by atoms with E-state index in [2.05, 4.69) is 31.6 Å². The van der Waals surface area contributed by atoms with E-state index in [-0.39, 0.29) is 6.61 Å². The average Bonchev–Trinajstić information content (AvgIpc) is 2.99. The van der Waals surface area contributed by atoms with Crippen LogP contribution in [0.4, 0.5) is 0 Å². The van der Waals surface area contributed by atoms with Crippen molar-refractivity contribution in [3.63, 3.8) is 0 Å². The van der Waals surface area contributed by atoms with Crippen molar-refractivity contribution < 1.29 is 4.74 Å². The van der Waals surface area contributed by atoms with Crippen LogP contribution in [0.3, 0.4) is 0 Å². The maximum absolute atomic E-state index is 6.20. The molecule has 0 saturated heterocycles. The van der Waals surface area contributed by atoms with E-state index in [0.717, 1.165) is 21.3 Å². The summed E-state index contributed by atoms with van der Waals surface area (Å²) >= 11 is 21.0. The lowest BCUT2D eigenvalue weighted by molar-refractivity contribution is 0.303. The number of aromatic amines is 1. The van der Waals surface area contributed by atoms with Crippen LogP contribution >= 0.6 is 51.3 Å². The Balaban J connectivity index is 1.77. The topological polar surface area (TPSA) is 54.9 Å². The third kappa shape index (κ3) is 4.55. The molecule has 0 saturated carbocycles. The van der Waals surface area contributed by atoms with Gasteiger partial charge in [0.2, 0.25) is 4.77 Å². The highest BCUT2D eigenvalue weighted by molar-refractivity contribution is 9.10. The van der Waals surface area contributed by atoms with Gasteiger partial charge in [0.25, 0.3) is 0 Å². The maximum atomic E-state index is 6.20. The summed E-state index contributed by atoms with van der Waals surface area (Å²) in [7, 11) is 0. The molecule has 0 bridgehead atoms. The smallest absolute Gasteiger partial charge is 0.214 e. The van der Waals surface area contributed by atoms with Gasteiger partial charge in [0, 0.05) is 25.6 Å². The third-order valence-corrected chi connectivity index (χ3v) is 4.94. The van der Waals surface area contributed by atoms with Crippen LogP contribution in [0.15, 0.2) is 47.2 Å². The SMILES string of the molecule is S=c1[nH]ncn1NCc1cc(Br)ccc1OCc1c(Cl)cccc1Cl. The Morgan fingerprint density at radius 3 is 2.68 bits per heavy atom. The zero-order chi connectivity index (χ0) is 17.8. The maximum Gasteiger partial charge on any atom is 0.214 e. The molecular weight excluding hydrogens is 447 g/mol. The van der Waals surface area contributed by atoms with Crippen LogP contribution in [0.25, 0.3) is 0 Å². The predicted molar refractivity (Wildman–Crippen MR) is 105 cm³/mol. The van der Waals surface area contributed by atoms with Crippen LogP contribution in [-0.2, 0) is 13.2 Å². The minimum absolute atomic E-state index is 0.276. The van der Waals surface area contributed by atoms with Gasteiger partial charge in [0.1, 0.15) is 18.7 Å². The fourth-order valence-electron chi connectivity index (χ4n) is 2.18. The Labute approximate surface area is 168 Å². The molecule has 2 aromatic carbocycles. The lowest BCUT2D eigenvalue weighted by Gasteiger charge is -2.14. The van der Waals surface area contributed by atoms with E-state index in [1.165, 1.54) is 0 Å². The summed E-state index contributed by atoms with van der Waals surface area (Å²) < 4.78 is 9.02. The molecule has 0 radical (unpaired) electrons. The molecule has 0 aliphatic heterocycles. The number of benzene rings is 2. The van der Waals surface area contributed by atoms with Crippen LogP contribution in [-0.4, -0.2) is 14.9 Å². The monoisotopic (exact) mass is 458 g/mol. The number of rotatable bonds is 6. The minimum atomic E-state index is 0.276. The third-order valence-electron chi connectivity index (χ3n) is 3.45. The van der Waals surface area contributed by atoms with Crippen LogP contribution in [0.5, 0.6) is 5.75 Å². The van der Waals surface area contributed by atoms with E-state index in [1.54, 1.807) is 29.2 Å². The Hall–Kier alpha value is -1.54. The largest absolute Gasteiger partial charge is 0.488 e. The van der Waals surface area contributed by atoms with E-state index < -0.39 is 0 Å². The molecule has 1 aromatic heterocycles. The van der Waals surface area contributed by atoms with Crippen LogP contribution in [0.2, 0.25) is 10.0 Å². The van der Waals surface area contributed by atoms with Gasteiger partial charge in [-0.3, -0.25) is 5.10 Å². The van der Waals surface area contributed by atoms with Gasteiger partial charge >= 0.3 is 0 Å². The molecule has 0 unspecified atom stereocenters. The first-order valence-electron chi connectivity index (χ1n) is 7.24. The zero-order valence-electron chi connectivity index (χ0n) is 12.8. The molecule has 9 heteroatoms. The summed E-state index contributed by atoms with van der Waals surface area (Å²) in [5.74, 6) is 0.724. The quantitative estimate of drug-likeness (QED) is 0.489. The van der Waals surface area contributed by atoms with Crippen molar-refractivity contribution in [2.24, 2.45) is 0 Å². The molecule has 2 N–H and O–H groups in total. The first-order valence-corrected chi connectivity index (χ1v) is 9.20. The van der Waals surface area contributed by atoms with Crippen molar-refractivity contribution in [2.75, 3.05) is 5.43 Å². The Morgan fingerprint density at radius 1 is 1.24 bits per heavy atom. The van der Waals surface area contributed by atoms with E-state index in [9.17, 15) is 0 Å². The van der Waals surface area contributed by atoms with Crippen molar-refractivity contribution in [1.82, 2.24) is 14.9 Å². The van der Waals surface area contributed by atoms with Gasteiger partial charge < -0.3 is 10.2 Å².